The molecule has 0 radical (unpaired) electrons. The van der Waals surface area contributed by atoms with Crippen molar-refractivity contribution in [1.29, 1.82) is 0 Å². The standard InChI is InChI=1S/C19H24FN/c1-13-6-11-17(14(2)12-13)18(21-5)19(3,4)15-7-9-16(20)10-8-15/h6-12,18,21H,1-5H3. The van der Waals surface area contributed by atoms with E-state index in [2.05, 4.69) is 51.2 Å². The summed E-state index contributed by atoms with van der Waals surface area (Å²) in [7, 11) is 1.98. The van der Waals surface area contributed by atoms with Gasteiger partial charge in [-0.2, -0.15) is 0 Å². The van der Waals surface area contributed by atoms with Gasteiger partial charge in [-0.1, -0.05) is 49.7 Å². The van der Waals surface area contributed by atoms with Crippen molar-refractivity contribution in [3.05, 3.63) is 70.5 Å². The maximum absolute atomic E-state index is 13.2. The predicted molar refractivity (Wildman–Crippen MR) is 87.1 cm³/mol. The highest BCUT2D eigenvalue weighted by Gasteiger charge is 2.32. The zero-order valence-corrected chi connectivity index (χ0v) is 13.5. The van der Waals surface area contributed by atoms with E-state index in [0.29, 0.717) is 0 Å². The van der Waals surface area contributed by atoms with Crippen molar-refractivity contribution in [2.75, 3.05) is 7.05 Å². The molecule has 0 heterocycles. The van der Waals surface area contributed by atoms with Crippen molar-refractivity contribution >= 4 is 0 Å². The Morgan fingerprint density at radius 3 is 2.14 bits per heavy atom. The van der Waals surface area contributed by atoms with E-state index in [9.17, 15) is 4.39 Å². The molecule has 0 aliphatic heterocycles. The second-order valence-corrected chi connectivity index (χ2v) is 6.31. The number of hydrogen-bond acceptors (Lipinski definition) is 1. The summed E-state index contributed by atoms with van der Waals surface area (Å²) in [6.45, 7) is 8.64. The second kappa shape index (κ2) is 5.98. The van der Waals surface area contributed by atoms with Gasteiger partial charge in [0, 0.05) is 11.5 Å². The molecular weight excluding hydrogens is 261 g/mol. The molecule has 0 bridgehead atoms. The molecular formula is C19H24FN. The molecule has 0 aliphatic rings. The minimum atomic E-state index is -0.193. The smallest absolute Gasteiger partial charge is 0.123 e. The number of benzene rings is 2. The van der Waals surface area contributed by atoms with E-state index < -0.39 is 0 Å². The van der Waals surface area contributed by atoms with Gasteiger partial charge >= 0.3 is 0 Å². The fraction of sp³-hybridized carbons (Fsp3) is 0.368. The van der Waals surface area contributed by atoms with Crippen LogP contribution in [0.3, 0.4) is 0 Å². The highest BCUT2D eigenvalue weighted by Crippen LogP contribution is 2.38. The largest absolute Gasteiger partial charge is 0.312 e. The first-order valence-electron chi connectivity index (χ1n) is 7.36. The van der Waals surface area contributed by atoms with E-state index in [1.54, 1.807) is 0 Å². The fourth-order valence-corrected chi connectivity index (χ4v) is 3.10. The molecule has 0 aromatic heterocycles. The average molecular weight is 285 g/mol. The highest BCUT2D eigenvalue weighted by molar-refractivity contribution is 5.38. The van der Waals surface area contributed by atoms with Crippen molar-refractivity contribution in [2.45, 2.75) is 39.2 Å². The molecule has 2 heteroatoms. The molecule has 21 heavy (non-hydrogen) atoms. The summed E-state index contributed by atoms with van der Waals surface area (Å²) >= 11 is 0. The van der Waals surface area contributed by atoms with Crippen LogP contribution in [0.2, 0.25) is 0 Å². The zero-order valence-electron chi connectivity index (χ0n) is 13.5. The van der Waals surface area contributed by atoms with Gasteiger partial charge in [0.25, 0.3) is 0 Å². The lowest BCUT2D eigenvalue weighted by Crippen LogP contribution is -2.36. The summed E-state index contributed by atoms with van der Waals surface area (Å²) in [4.78, 5) is 0. The molecule has 0 amide bonds. The van der Waals surface area contributed by atoms with Crippen LogP contribution in [0.4, 0.5) is 4.39 Å². The molecule has 1 atom stereocenters. The Morgan fingerprint density at radius 1 is 1.00 bits per heavy atom. The summed E-state index contributed by atoms with van der Waals surface area (Å²) in [5, 5.41) is 3.44. The highest BCUT2D eigenvalue weighted by atomic mass is 19.1. The van der Waals surface area contributed by atoms with Crippen LogP contribution in [-0.4, -0.2) is 7.05 Å². The third-order valence-electron chi connectivity index (χ3n) is 4.33. The van der Waals surface area contributed by atoms with Crippen LogP contribution >= 0.6 is 0 Å². The van der Waals surface area contributed by atoms with Gasteiger partial charge < -0.3 is 5.32 Å². The summed E-state index contributed by atoms with van der Waals surface area (Å²) in [6, 6.07) is 13.5. The molecule has 1 unspecified atom stereocenters. The zero-order chi connectivity index (χ0) is 15.6. The monoisotopic (exact) mass is 285 g/mol. The molecule has 0 saturated carbocycles. The quantitative estimate of drug-likeness (QED) is 0.860. The first-order chi connectivity index (χ1) is 9.86. The number of rotatable bonds is 4. The summed E-state index contributed by atoms with van der Waals surface area (Å²) < 4.78 is 13.2. The van der Waals surface area contributed by atoms with Crippen LogP contribution in [0.25, 0.3) is 0 Å². The maximum atomic E-state index is 13.2. The van der Waals surface area contributed by atoms with Gasteiger partial charge in [0.15, 0.2) is 0 Å². The Balaban J connectivity index is 2.45. The van der Waals surface area contributed by atoms with Crippen molar-refractivity contribution in [3.63, 3.8) is 0 Å². The van der Waals surface area contributed by atoms with Crippen LogP contribution < -0.4 is 5.32 Å². The first kappa shape index (κ1) is 15.7. The summed E-state index contributed by atoms with van der Waals surface area (Å²) in [6.07, 6.45) is 0. The lowest BCUT2D eigenvalue weighted by atomic mass is 9.74. The fourth-order valence-electron chi connectivity index (χ4n) is 3.10. The average Bonchev–Trinajstić information content (AvgIpc) is 2.42. The minimum absolute atomic E-state index is 0.136. The predicted octanol–water partition coefficient (Wildman–Crippen LogP) is 4.68. The van der Waals surface area contributed by atoms with E-state index in [0.717, 1.165) is 5.56 Å². The summed E-state index contributed by atoms with van der Waals surface area (Å²) in [5.41, 5.74) is 4.83. The molecule has 0 saturated heterocycles. The van der Waals surface area contributed by atoms with Crippen molar-refractivity contribution in [1.82, 2.24) is 5.32 Å². The number of aryl methyl sites for hydroxylation is 2. The van der Waals surface area contributed by atoms with Gasteiger partial charge in [-0.05, 0) is 49.7 Å². The third-order valence-corrected chi connectivity index (χ3v) is 4.33. The van der Waals surface area contributed by atoms with E-state index in [-0.39, 0.29) is 17.3 Å². The molecule has 2 aromatic carbocycles. The van der Waals surface area contributed by atoms with Gasteiger partial charge in [0.05, 0.1) is 0 Å². The SMILES string of the molecule is CNC(c1ccc(C)cc1C)C(C)(C)c1ccc(F)cc1. The van der Waals surface area contributed by atoms with E-state index in [1.807, 2.05) is 19.2 Å². The Labute approximate surface area is 127 Å². The van der Waals surface area contributed by atoms with Crippen LogP contribution in [0, 0.1) is 19.7 Å². The lowest BCUT2D eigenvalue weighted by molar-refractivity contribution is 0.367. The maximum Gasteiger partial charge on any atom is 0.123 e. The van der Waals surface area contributed by atoms with Gasteiger partial charge in [-0.15, -0.1) is 0 Å². The first-order valence-corrected chi connectivity index (χ1v) is 7.36. The van der Waals surface area contributed by atoms with Gasteiger partial charge in [-0.25, -0.2) is 4.39 Å². The minimum Gasteiger partial charge on any atom is -0.312 e. The Hall–Kier alpha value is -1.67. The van der Waals surface area contributed by atoms with E-state index in [1.165, 1.54) is 28.8 Å². The van der Waals surface area contributed by atoms with Crippen LogP contribution in [0.1, 0.15) is 42.1 Å². The van der Waals surface area contributed by atoms with E-state index >= 15 is 0 Å². The molecule has 0 aliphatic carbocycles. The van der Waals surface area contributed by atoms with Crippen molar-refractivity contribution < 1.29 is 4.39 Å². The van der Waals surface area contributed by atoms with Gasteiger partial charge in [0.1, 0.15) is 5.82 Å². The third kappa shape index (κ3) is 3.16. The van der Waals surface area contributed by atoms with Crippen LogP contribution in [-0.2, 0) is 5.41 Å². The molecule has 0 fully saturated rings. The molecule has 112 valence electrons. The number of likely N-dealkylation sites (N-methyl/N-ethyl adjacent to an activating group) is 1. The Kier molecular flexibility index (Phi) is 4.48. The number of hydrogen-bond donors (Lipinski definition) is 1. The van der Waals surface area contributed by atoms with E-state index in [4.69, 9.17) is 0 Å². The Morgan fingerprint density at radius 2 is 1.62 bits per heavy atom. The topological polar surface area (TPSA) is 12.0 Å². The molecule has 0 spiro atoms. The summed E-state index contributed by atoms with van der Waals surface area (Å²) in [5.74, 6) is -0.193. The molecule has 2 rings (SSSR count). The lowest BCUT2D eigenvalue weighted by Gasteiger charge is -2.36. The van der Waals surface area contributed by atoms with Gasteiger partial charge in [0.2, 0.25) is 0 Å². The molecule has 1 nitrogen and oxygen atoms in total. The molecule has 2 aromatic rings. The normalized spacial score (nSPS) is 13.2. The van der Waals surface area contributed by atoms with Gasteiger partial charge in [-0.3, -0.25) is 0 Å². The number of nitrogens with one attached hydrogen (secondary N) is 1. The van der Waals surface area contributed by atoms with Crippen molar-refractivity contribution in [3.8, 4) is 0 Å². The van der Waals surface area contributed by atoms with Crippen LogP contribution in [0.5, 0.6) is 0 Å². The second-order valence-electron chi connectivity index (χ2n) is 6.31. The molecule has 1 N–H and O–H groups in total. The Bertz CT molecular complexity index is 614. The van der Waals surface area contributed by atoms with Crippen molar-refractivity contribution in [2.24, 2.45) is 0 Å². The van der Waals surface area contributed by atoms with Crippen LogP contribution in [0.15, 0.2) is 42.5 Å². The number of halogens is 1.